The van der Waals surface area contributed by atoms with Gasteiger partial charge in [-0.2, -0.15) is 0 Å². The summed E-state index contributed by atoms with van der Waals surface area (Å²) in [5.41, 5.74) is 3.17. The van der Waals surface area contributed by atoms with Crippen molar-refractivity contribution in [2.75, 3.05) is 0 Å². The molecule has 0 radical (unpaired) electrons. The fourth-order valence-electron chi connectivity index (χ4n) is 2.23. The number of nitrogens with zero attached hydrogens (tertiary/aromatic N) is 2. The number of unbranched alkanes of at least 4 members (excludes halogenated alkanes) is 1. The minimum absolute atomic E-state index is 0.545. The minimum atomic E-state index is 0.545. The number of rotatable bonds is 5. The maximum atomic E-state index is 4.63. The van der Waals surface area contributed by atoms with Crippen LogP contribution >= 0.6 is 0 Å². The minimum Gasteiger partial charge on any atom is -0.340 e. The zero-order valence-corrected chi connectivity index (χ0v) is 11.0. The molecule has 0 aromatic carbocycles. The van der Waals surface area contributed by atoms with Gasteiger partial charge in [-0.1, -0.05) is 26.7 Å². The number of aryl methyl sites for hydroxylation is 1. The SMILES string of the molecule is CCCCC(CC)c1nc2nccc(C)c2[nH]1. The van der Waals surface area contributed by atoms with Gasteiger partial charge in [-0.05, 0) is 31.4 Å². The van der Waals surface area contributed by atoms with Crippen LogP contribution in [0.15, 0.2) is 12.3 Å². The Morgan fingerprint density at radius 3 is 2.82 bits per heavy atom. The topological polar surface area (TPSA) is 41.6 Å². The van der Waals surface area contributed by atoms with E-state index >= 15 is 0 Å². The number of imidazole rings is 1. The number of aromatic nitrogens is 3. The van der Waals surface area contributed by atoms with Gasteiger partial charge in [0, 0.05) is 12.1 Å². The van der Waals surface area contributed by atoms with Crippen molar-refractivity contribution in [1.29, 1.82) is 0 Å². The first-order chi connectivity index (χ1) is 8.26. The molecule has 0 saturated carbocycles. The molecular formula is C14H21N3. The third-order valence-electron chi connectivity index (χ3n) is 3.40. The van der Waals surface area contributed by atoms with Crippen LogP contribution in [0.1, 0.15) is 56.8 Å². The highest BCUT2D eigenvalue weighted by atomic mass is 15.0. The highest BCUT2D eigenvalue weighted by Crippen LogP contribution is 2.25. The molecular weight excluding hydrogens is 210 g/mol. The van der Waals surface area contributed by atoms with Crippen LogP contribution in [-0.2, 0) is 0 Å². The summed E-state index contributed by atoms with van der Waals surface area (Å²) in [6.45, 7) is 6.56. The summed E-state index contributed by atoms with van der Waals surface area (Å²) in [5, 5.41) is 0. The van der Waals surface area contributed by atoms with Crippen LogP contribution in [0.5, 0.6) is 0 Å². The maximum Gasteiger partial charge on any atom is 0.177 e. The fourth-order valence-corrected chi connectivity index (χ4v) is 2.23. The summed E-state index contributed by atoms with van der Waals surface area (Å²) >= 11 is 0. The average molecular weight is 231 g/mol. The van der Waals surface area contributed by atoms with Gasteiger partial charge in [0.05, 0.1) is 5.52 Å². The van der Waals surface area contributed by atoms with Crippen LogP contribution in [-0.4, -0.2) is 15.0 Å². The van der Waals surface area contributed by atoms with E-state index in [4.69, 9.17) is 0 Å². The molecule has 1 atom stereocenters. The number of hydrogen-bond donors (Lipinski definition) is 1. The van der Waals surface area contributed by atoms with Crippen LogP contribution in [0.2, 0.25) is 0 Å². The van der Waals surface area contributed by atoms with E-state index in [9.17, 15) is 0 Å². The van der Waals surface area contributed by atoms with Crippen molar-refractivity contribution in [3.63, 3.8) is 0 Å². The van der Waals surface area contributed by atoms with Crippen molar-refractivity contribution in [3.8, 4) is 0 Å². The van der Waals surface area contributed by atoms with Crippen LogP contribution in [0.3, 0.4) is 0 Å². The Bertz CT molecular complexity index is 487. The number of H-pyrrole nitrogens is 1. The monoisotopic (exact) mass is 231 g/mol. The summed E-state index contributed by atoms with van der Waals surface area (Å²) in [4.78, 5) is 12.4. The number of fused-ring (bicyclic) bond motifs is 1. The van der Waals surface area contributed by atoms with Crippen LogP contribution in [0.25, 0.3) is 11.2 Å². The quantitative estimate of drug-likeness (QED) is 0.846. The second-order valence-corrected chi connectivity index (χ2v) is 4.70. The van der Waals surface area contributed by atoms with Gasteiger partial charge in [0.2, 0.25) is 0 Å². The van der Waals surface area contributed by atoms with Crippen LogP contribution in [0.4, 0.5) is 0 Å². The van der Waals surface area contributed by atoms with Crippen LogP contribution < -0.4 is 0 Å². The van der Waals surface area contributed by atoms with E-state index in [1.54, 1.807) is 0 Å². The predicted molar refractivity (Wildman–Crippen MR) is 71.2 cm³/mol. The molecule has 2 aromatic rings. The number of pyridine rings is 1. The van der Waals surface area contributed by atoms with E-state index < -0.39 is 0 Å². The molecule has 0 aliphatic carbocycles. The van der Waals surface area contributed by atoms with E-state index in [0.29, 0.717) is 5.92 Å². The molecule has 2 rings (SSSR count). The highest BCUT2D eigenvalue weighted by molar-refractivity contribution is 5.74. The van der Waals surface area contributed by atoms with Crippen molar-refractivity contribution in [2.24, 2.45) is 0 Å². The van der Waals surface area contributed by atoms with Crippen molar-refractivity contribution in [2.45, 2.75) is 52.4 Å². The summed E-state index contributed by atoms with van der Waals surface area (Å²) in [6, 6.07) is 2.03. The normalized spacial score (nSPS) is 13.1. The van der Waals surface area contributed by atoms with Gasteiger partial charge in [-0.3, -0.25) is 0 Å². The molecule has 2 heterocycles. The first-order valence-electron chi connectivity index (χ1n) is 6.57. The molecule has 17 heavy (non-hydrogen) atoms. The molecule has 2 aromatic heterocycles. The Kier molecular flexibility index (Phi) is 3.77. The van der Waals surface area contributed by atoms with Crippen LogP contribution in [0, 0.1) is 6.92 Å². The van der Waals surface area contributed by atoms with E-state index in [-0.39, 0.29) is 0 Å². The van der Waals surface area contributed by atoms with E-state index in [2.05, 4.69) is 35.7 Å². The largest absolute Gasteiger partial charge is 0.340 e. The molecule has 3 nitrogen and oxygen atoms in total. The standard InChI is InChI=1S/C14H21N3/c1-4-6-7-11(5-2)13-16-12-10(3)8-9-15-14(12)17-13/h8-9,11H,4-7H2,1-3H3,(H,15,16,17). The van der Waals surface area contributed by atoms with Gasteiger partial charge in [0.25, 0.3) is 0 Å². The zero-order valence-electron chi connectivity index (χ0n) is 11.0. The van der Waals surface area contributed by atoms with Crippen molar-refractivity contribution < 1.29 is 0 Å². The lowest BCUT2D eigenvalue weighted by atomic mass is 9.99. The first kappa shape index (κ1) is 12.1. The fraction of sp³-hybridized carbons (Fsp3) is 0.571. The van der Waals surface area contributed by atoms with Gasteiger partial charge in [-0.25, -0.2) is 9.97 Å². The van der Waals surface area contributed by atoms with Crippen molar-refractivity contribution in [3.05, 3.63) is 23.7 Å². The Balaban J connectivity index is 2.31. The second-order valence-electron chi connectivity index (χ2n) is 4.70. The molecule has 3 heteroatoms. The molecule has 0 aliphatic heterocycles. The Morgan fingerprint density at radius 1 is 1.35 bits per heavy atom. The van der Waals surface area contributed by atoms with E-state index in [1.807, 2.05) is 12.3 Å². The van der Waals surface area contributed by atoms with E-state index in [1.165, 1.54) is 24.8 Å². The molecule has 1 N–H and O–H groups in total. The predicted octanol–water partition coefficient (Wildman–Crippen LogP) is 3.95. The lowest BCUT2D eigenvalue weighted by Gasteiger charge is -2.10. The van der Waals surface area contributed by atoms with E-state index in [0.717, 1.165) is 23.4 Å². The second kappa shape index (κ2) is 5.30. The third kappa shape index (κ3) is 2.48. The Labute approximate surface area is 103 Å². The third-order valence-corrected chi connectivity index (χ3v) is 3.40. The number of nitrogens with one attached hydrogen (secondary N) is 1. The summed E-state index contributed by atoms with van der Waals surface area (Å²) < 4.78 is 0. The van der Waals surface area contributed by atoms with Gasteiger partial charge >= 0.3 is 0 Å². The lowest BCUT2D eigenvalue weighted by molar-refractivity contribution is 0.549. The molecule has 0 fully saturated rings. The van der Waals surface area contributed by atoms with Gasteiger partial charge in [0.1, 0.15) is 5.82 Å². The molecule has 0 amide bonds. The average Bonchev–Trinajstić information content (AvgIpc) is 2.75. The molecule has 1 unspecified atom stereocenters. The summed E-state index contributed by atoms with van der Waals surface area (Å²) in [7, 11) is 0. The van der Waals surface area contributed by atoms with Crippen molar-refractivity contribution in [1.82, 2.24) is 15.0 Å². The maximum absolute atomic E-state index is 4.63. The summed E-state index contributed by atoms with van der Waals surface area (Å²) in [6.07, 6.45) is 6.69. The zero-order chi connectivity index (χ0) is 12.3. The Hall–Kier alpha value is -1.38. The van der Waals surface area contributed by atoms with Crippen molar-refractivity contribution >= 4 is 11.2 Å². The number of aromatic amines is 1. The lowest BCUT2D eigenvalue weighted by Crippen LogP contribution is -1.99. The van der Waals surface area contributed by atoms with Gasteiger partial charge < -0.3 is 4.98 Å². The molecule has 0 bridgehead atoms. The molecule has 0 saturated heterocycles. The van der Waals surface area contributed by atoms with Gasteiger partial charge in [-0.15, -0.1) is 0 Å². The summed E-state index contributed by atoms with van der Waals surface area (Å²) in [5.74, 6) is 1.65. The molecule has 92 valence electrons. The van der Waals surface area contributed by atoms with Gasteiger partial charge in [0.15, 0.2) is 5.65 Å². The molecule has 0 spiro atoms. The molecule has 0 aliphatic rings. The Morgan fingerprint density at radius 2 is 2.18 bits per heavy atom. The highest BCUT2D eigenvalue weighted by Gasteiger charge is 2.14. The number of hydrogen-bond acceptors (Lipinski definition) is 2. The first-order valence-corrected chi connectivity index (χ1v) is 6.57. The smallest absolute Gasteiger partial charge is 0.177 e.